The molecule has 2 aliphatic rings. The quantitative estimate of drug-likeness (QED) is 0.859. The number of piperidine rings is 1. The third-order valence-corrected chi connectivity index (χ3v) is 6.12. The molecule has 19 heavy (non-hydrogen) atoms. The lowest BCUT2D eigenvalue weighted by Gasteiger charge is -2.48. The van der Waals surface area contributed by atoms with Gasteiger partial charge in [0.05, 0.1) is 11.9 Å². The molecule has 0 spiro atoms. The van der Waals surface area contributed by atoms with Gasteiger partial charge in [-0.15, -0.1) is 0 Å². The van der Waals surface area contributed by atoms with Crippen LogP contribution < -0.4 is 0 Å². The summed E-state index contributed by atoms with van der Waals surface area (Å²) in [5, 5.41) is 10.5. The molecule has 0 amide bonds. The van der Waals surface area contributed by atoms with E-state index in [0.29, 0.717) is 30.8 Å². The first-order chi connectivity index (χ1) is 8.70. The highest BCUT2D eigenvalue weighted by Crippen LogP contribution is 2.46. The molecule has 0 bridgehead atoms. The standard InChI is InChI=1S/C14H27NO3S/c1-11(2)13-8-14(16,9-13)7-12-5-4-6-15(10-12)19(3,17)18/h11-13,16H,4-10H2,1-3H3. The molecule has 5 heteroatoms. The monoisotopic (exact) mass is 289 g/mol. The molecule has 1 N–H and O–H groups in total. The molecule has 1 saturated carbocycles. The fourth-order valence-corrected chi connectivity index (χ4v) is 4.53. The van der Waals surface area contributed by atoms with Crippen LogP contribution in [0.2, 0.25) is 0 Å². The summed E-state index contributed by atoms with van der Waals surface area (Å²) in [7, 11) is -3.08. The Labute approximate surface area is 117 Å². The molecule has 0 radical (unpaired) electrons. The normalized spacial score (nSPS) is 37.3. The van der Waals surface area contributed by atoms with E-state index >= 15 is 0 Å². The molecule has 2 rings (SSSR count). The smallest absolute Gasteiger partial charge is 0.211 e. The predicted molar refractivity (Wildman–Crippen MR) is 76.3 cm³/mol. The van der Waals surface area contributed by atoms with Gasteiger partial charge in [-0.05, 0) is 49.9 Å². The zero-order valence-corrected chi connectivity index (χ0v) is 13.1. The van der Waals surface area contributed by atoms with Crippen molar-refractivity contribution in [3.8, 4) is 0 Å². The molecule has 2 fully saturated rings. The summed E-state index contributed by atoms with van der Waals surface area (Å²) in [6.45, 7) is 5.64. The molecule has 1 aliphatic carbocycles. The van der Waals surface area contributed by atoms with Gasteiger partial charge in [0.2, 0.25) is 10.0 Å². The van der Waals surface area contributed by atoms with Crippen molar-refractivity contribution in [3.63, 3.8) is 0 Å². The highest BCUT2D eigenvalue weighted by molar-refractivity contribution is 7.88. The van der Waals surface area contributed by atoms with E-state index in [1.807, 2.05) is 0 Å². The third kappa shape index (κ3) is 3.70. The van der Waals surface area contributed by atoms with Crippen molar-refractivity contribution in [1.82, 2.24) is 4.31 Å². The van der Waals surface area contributed by atoms with Crippen LogP contribution in [-0.4, -0.2) is 42.8 Å². The van der Waals surface area contributed by atoms with Crippen LogP contribution in [0.1, 0.15) is 46.0 Å². The first-order valence-electron chi connectivity index (χ1n) is 7.37. The fraction of sp³-hybridized carbons (Fsp3) is 1.00. The second-order valence-corrected chi connectivity index (χ2v) is 8.95. The number of nitrogens with zero attached hydrogens (tertiary/aromatic N) is 1. The van der Waals surface area contributed by atoms with Crippen molar-refractivity contribution in [2.75, 3.05) is 19.3 Å². The van der Waals surface area contributed by atoms with Crippen LogP contribution in [0, 0.1) is 17.8 Å². The Balaban J connectivity index is 1.87. The lowest BCUT2D eigenvalue weighted by atomic mass is 9.63. The van der Waals surface area contributed by atoms with Crippen molar-refractivity contribution in [2.24, 2.45) is 17.8 Å². The maximum absolute atomic E-state index is 11.6. The van der Waals surface area contributed by atoms with Crippen molar-refractivity contribution in [3.05, 3.63) is 0 Å². The van der Waals surface area contributed by atoms with Crippen LogP contribution in [0.4, 0.5) is 0 Å². The summed E-state index contributed by atoms with van der Waals surface area (Å²) in [6, 6.07) is 0. The van der Waals surface area contributed by atoms with Gasteiger partial charge in [-0.3, -0.25) is 0 Å². The topological polar surface area (TPSA) is 57.6 Å². The van der Waals surface area contributed by atoms with E-state index in [0.717, 1.165) is 32.1 Å². The van der Waals surface area contributed by atoms with E-state index in [2.05, 4.69) is 13.8 Å². The van der Waals surface area contributed by atoms with Crippen LogP contribution in [0.15, 0.2) is 0 Å². The summed E-state index contributed by atoms with van der Waals surface area (Å²) in [5.74, 6) is 1.60. The summed E-state index contributed by atoms with van der Waals surface area (Å²) >= 11 is 0. The van der Waals surface area contributed by atoms with Crippen LogP contribution in [0.5, 0.6) is 0 Å². The van der Waals surface area contributed by atoms with Gasteiger partial charge in [-0.1, -0.05) is 13.8 Å². The Bertz CT molecular complexity index is 412. The zero-order chi connectivity index (χ0) is 14.3. The van der Waals surface area contributed by atoms with Gasteiger partial charge in [-0.2, -0.15) is 0 Å². The van der Waals surface area contributed by atoms with Gasteiger partial charge in [0, 0.05) is 13.1 Å². The minimum Gasteiger partial charge on any atom is -0.390 e. The van der Waals surface area contributed by atoms with Crippen molar-refractivity contribution >= 4 is 10.0 Å². The van der Waals surface area contributed by atoms with Crippen LogP contribution in [-0.2, 0) is 10.0 Å². The molecule has 0 aromatic heterocycles. The molecule has 1 heterocycles. The molecule has 1 saturated heterocycles. The summed E-state index contributed by atoms with van der Waals surface area (Å²) in [4.78, 5) is 0. The SMILES string of the molecule is CC(C)C1CC(O)(CC2CCCN(S(C)(=O)=O)C2)C1. The predicted octanol–water partition coefficient (Wildman–Crippen LogP) is 1.85. The molecular weight excluding hydrogens is 262 g/mol. The Hall–Kier alpha value is -0.130. The fourth-order valence-electron chi connectivity index (χ4n) is 3.59. The number of hydrogen-bond donors (Lipinski definition) is 1. The second kappa shape index (κ2) is 5.34. The Kier molecular flexibility index (Phi) is 4.29. The first kappa shape index (κ1) is 15.3. The largest absolute Gasteiger partial charge is 0.390 e. The Morgan fingerprint density at radius 3 is 2.53 bits per heavy atom. The summed E-state index contributed by atoms with van der Waals surface area (Å²) < 4.78 is 24.7. The Morgan fingerprint density at radius 2 is 2.00 bits per heavy atom. The molecule has 0 aromatic carbocycles. The third-order valence-electron chi connectivity index (χ3n) is 4.85. The zero-order valence-electron chi connectivity index (χ0n) is 12.3. The van der Waals surface area contributed by atoms with Gasteiger partial charge in [-0.25, -0.2) is 12.7 Å². The average molecular weight is 289 g/mol. The lowest BCUT2D eigenvalue weighted by molar-refractivity contribution is -0.105. The van der Waals surface area contributed by atoms with Crippen LogP contribution in [0.25, 0.3) is 0 Å². The average Bonchev–Trinajstić information content (AvgIpc) is 2.24. The second-order valence-electron chi connectivity index (χ2n) is 6.97. The number of sulfonamides is 1. The summed E-state index contributed by atoms with van der Waals surface area (Å²) in [6.07, 6.45) is 5.78. The number of rotatable bonds is 4. The molecule has 1 aliphatic heterocycles. The summed E-state index contributed by atoms with van der Waals surface area (Å²) in [5.41, 5.74) is -0.528. The minimum atomic E-state index is -3.08. The lowest BCUT2D eigenvalue weighted by Crippen LogP contribution is -2.49. The Morgan fingerprint density at radius 1 is 1.37 bits per heavy atom. The minimum absolute atomic E-state index is 0.321. The maximum atomic E-state index is 11.6. The van der Waals surface area contributed by atoms with Crippen LogP contribution >= 0.6 is 0 Å². The first-order valence-corrected chi connectivity index (χ1v) is 9.22. The molecule has 4 nitrogen and oxygen atoms in total. The van der Waals surface area contributed by atoms with E-state index in [-0.39, 0.29) is 0 Å². The molecule has 1 unspecified atom stereocenters. The van der Waals surface area contributed by atoms with E-state index in [9.17, 15) is 13.5 Å². The van der Waals surface area contributed by atoms with E-state index in [4.69, 9.17) is 0 Å². The van der Waals surface area contributed by atoms with Gasteiger partial charge in [0.1, 0.15) is 0 Å². The molecule has 0 aromatic rings. The van der Waals surface area contributed by atoms with Crippen molar-refractivity contribution in [2.45, 2.75) is 51.6 Å². The maximum Gasteiger partial charge on any atom is 0.211 e. The number of aliphatic hydroxyl groups is 1. The van der Waals surface area contributed by atoms with Gasteiger partial charge < -0.3 is 5.11 Å². The van der Waals surface area contributed by atoms with Crippen molar-refractivity contribution < 1.29 is 13.5 Å². The number of hydrogen-bond acceptors (Lipinski definition) is 3. The van der Waals surface area contributed by atoms with Gasteiger partial charge in [0.25, 0.3) is 0 Å². The van der Waals surface area contributed by atoms with E-state index < -0.39 is 15.6 Å². The molecular formula is C14H27NO3S. The highest BCUT2D eigenvalue weighted by atomic mass is 32.2. The molecule has 1 atom stereocenters. The van der Waals surface area contributed by atoms with Gasteiger partial charge >= 0.3 is 0 Å². The van der Waals surface area contributed by atoms with E-state index in [1.165, 1.54) is 6.26 Å². The van der Waals surface area contributed by atoms with Crippen molar-refractivity contribution in [1.29, 1.82) is 0 Å². The molecule has 112 valence electrons. The van der Waals surface area contributed by atoms with E-state index in [1.54, 1.807) is 4.31 Å². The van der Waals surface area contributed by atoms with Crippen LogP contribution in [0.3, 0.4) is 0 Å². The van der Waals surface area contributed by atoms with Gasteiger partial charge in [0.15, 0.2) is 0 Å². The highest BCUT2D eigenvalue weighted by Gasteiger charge is 2.45.